The highest BCUT2D eigenvalue weighted by Crippen LogP contribution is 2.12. The van der Waals surface area contributed by atoms with Crippen LogP contribution in [0.5, 0.6) is 0 Å². The highest BCUT2D eigenvalue weighted by atomic mass is 32.2. The lowest BCUT2D eigenvalue weighted by molar-refractivity contribution is -0.119. The van der Waals surface area contributed by atoms with Gasteiger partial charge in [0.15, 0.2) is 0 Å². The van der Waals surface area contributed by atoms with Gasteiger partial charge in [0.2, 0.25) is 11.0 Å². The summed E-state index contributed by atoms with van der Waals surface area (Å²) in [4.78, 5) is 21.8. The summed E-state index contributed by atoms with van der Waals surface area (Å²) >= 11 is 1.06. The van der Waals surface area contributed by atoms with Gasteiger partial charge in [-0.2, -0.15) is 0 Å². The van der Waals surface area contributed by atoms with Gasteiger partial charge in [0.1, 0.15) is 6.10 Å². The SMILES string of the molecule is CC(=O)NCCSC(=O)[C@@H](O)CC(C)C. The Kier molecular flexibility index (Phi) is 7.42. The van der Waals surface area contributed by atoms with Crippen molar-refractivity contribution in [1.29, 1.82) is 0 Å². The van der Waals surface area contributed by atoms with Gasteiger partial charge in [0.05, 0.1) is 0 Å². The first-order valence-corrected chi connectivity index (χ1v) is 6.01. The fourth-order valence-electron chi connectivity index (χ4n) is 1.02. The molecule has 0 saturated heterocycles. The number of carbonyl (C=O) groups is 2. The van der Waals surface area contributed by atoms with Crippen LogP contribution in [-0.4, -0.2) is 34.5 Å². The molecule has 0 unspecified atom stereocenters. The van der Waals surface area contributed by atoms with Crippen LogP contribution >= 0.6 is 11.8 Å². The average Bonchev–Trinajstić information content (AvgIpc) is 2.10. The topological polar surface area (TPSA) is 66.4 Å². The van der Waals surface area contributed by atoms with E-state index in [-0.39, 0.29) is 11.0 Å². The molecular weight excluding hydrogens is 214 g/mol. The number of aliphatic hydroxyl groups excluding tert-OH is 1. The fourth-order valence-corrected chi connectivity index (χ4v) is 1.71. The summed E-state index contributed by atoms with van der Waals surface area (Å²) in [5.41, 5.74) is 0. The molecule has 0 aliphatic heterocycles. The first kappa shape index (κ1) is 14.5. The second-order valence-corrected chi connectivity index (χ2v) is 4.90. The first-order chi connectivity index (χ1) is 6.93. The fraction of sp³-hybridized carbons (Fsp3) is 0.800. The molecular formula is C10H19NO3S. The molecule has 0 aromatic carbocycles. The van der Waals surface area contributed by atoms with Crippen LogP contribution in [0.1, 0.15) is 27.2 Å². The molecule has 0 spiro atoms. The highest BCUT2D eigenvalue weighted by Gasteiger charge is 2.16. The maximum atomic E-state index is 11.3. The lowest BCUT2D eigenvalue weighted by Crippen LogP contribution is -2.25. The minimum absolute atomic E-state index is 0.106. The zero-order valence-electron chi connectivity index (χ0n) is 9.45. The van der Waals surface area contributed by atoms with Crippen LogP contribution < -0.4 is 5.32 Å². The molecule has 0 saturated carbocycles. The Morgan fingerprint density at radius 1 is 1.40 bits per heavy atom. The Bertz CT molecular complexity index is 219. The number of hydrogen-bond acceptors (Lipinski definition) is 4. The average molecular weight is 233 g/mol. The molecule has 5 heteroatoms. The van der Waals surface area contributed by atoms with Crippen LogP contribution in [0.2, 0.25) is 0 Å². The Hall–Kier alpha value is -0.550. The number of aliphatic hydroxyl groups is 1. The molecule has 0 aliphatic carbocycles. The number of amides is 1. The molecule has 0 aliphatic rings. The largest absolute Gasteiger partial charge is 0.384 e. The first-order valence-electron chi connectivity index (χ1n) is 5.02. The van der Waals surface area contributed by atoms with Crippen molar-refractivity contribution >= 4 is 22.8 Å². The quantitative estimate of drug-likeness (QED) is 0.666. The molecule has 15 heavy (non-hydrogen) atoms. The predicted molar refractivity (Wildman–Crippen MR) is 61.6 cm³/mol. The Morgan fingerprint density at radius 3 is 2.47 bits per heavy atom. The van der Waals surface area contributed by atoms with E-state index in [1.165, 1.54) is 6.92 Å². The van der Waals surface area contributed by atoms with Crippen LogP contribution in [0.3, 0.4) is 0 Å². The molecule has 2 N–H and O–H groups in total. The van der Waals surface area contributed by atoms with E-state index in [0.29, 0.717) is 24.6 Å². The summed E-state index contributed by atoms with van der Waals surface area (Å²) < 4.78 is 0. The molecule has 0 bridgehead atoms. The lowest BCUT2D eigenvalue weighted by atomic mass is 10.1. The molecule has 4 nitrogen and oxygen atoms in total. The van der Waals surface area contributed by atoms with Crippen molar-refractivity contribution in [2.75, 3.05) is 12.3 Å². The van der Waals surface area contributed by atoms with E-state index in [2.05, 4.69) is 5.32 Å². The number of hydrogen-bond donors (Lipinski definition) is 2. The van der Waals surface area contributed by atoms with Crippen molar-refractivity contribution in [3.05, 3.63) is 0 Å². The third kappa shape index (κ3) is 8.44. The van der Waals surface area contributed by atoms with E-state index in [1.807, 2.05) is 13.8 Å². The van der Waals surface area contributed by atoms with E-state index >= 15 is 0 Å². The summed E-state index contributed by atoms with van der Waals surface area (Å²) in [5.74, 6) is 0.707. The molecule has 0 aromatic rings. The minimum Gasteiger partial charge on any atom is -0.384 e. The number of carbonyl (C=O) groups excluding carboxylic acids is 2. The molecule has 1 amide bonds. The van der Waals surface area contributed by atoms with E-state index in [9.17, 15) is 14.7 Å². The highest BCUT2D eigenvalue weighted by molar-refractivity contribution is 8.13. The molecule has 0 radical (unpaired) electrons. The summed E-state index contributed by atoms with van der Waals surface area (Å²) in [6.45, 7) is 5.80. The zero-order valence-corrected chi connectivity index (χ0v) is 10.3. The third-order valence-corrected chi connectivity index (χ3v) is 2.65. The normalized spacial score (nSPS) is 12.6. The second kappa shape index (κ2) is 7.70. The van der Waals surface area contributed by atoms with Gasteiger partial charge in [-0.25, -0.2) is 0 Å². The molecule has 0 aromatic heterocycles. The maximum absolute atomic E-state index is 11.3. The van der Waals surface area contributed by atoms with E-state index in [0.717, 1.165) is 11.8 Å². The van der Waals surface area contributed by atoms with Crippen LogP contribution in [-0.2, 0) is 9.59 Å². The van der Waals surface area contributed by atoms with Gasteiger partial charge < -0.3 is 10.4 Å². The van der Waals surface area contributed by atoms with Gasteiger partial charge in [0, 0.05) is 19.2 Å². The molecule has 88 valence electrons. The van der Waals surface area contributed by atoms with E-state index in [4.69, 9.17) is 0 Å². The van der Waals surface area contributed by atoms with Gasteiger partial charge in [-0.1, -0.05) is 25.6 Å². The smallest absolute Gasteiger partial charge is 0.217 e. The van der Waals surface area contributed by atoms with Crippen molar-refractivity contribution in [2.24, 2.45) is 5.92 Å². The van der Waals surface area contributed by atoms with Gasteiger partial charge in [-0.15, -0.1) is 0 Å². The van der Waals surface area contributed by atoms with Crippen LogP contribution in [0.4, 0.5) is 0 Å². The summed E-state index contributed by atoms with van der Waals surface area (Å²) in [5, 5.41) is 11.8. The zero-order chi connectivity index (χ0) is 11.8. The van der Waals surface area contributed by atoms with Crippen molar-refractivity contribution in [3.8, 4) is 0 Å². The molecule has 1 atom stereocenters. The standard InChI is InChI=1S/C10H19NO3S/c1-7(2)6-9(13)10(14)15-5-4-11-8(3)12/h7,9,13H,4-6H2,1-3H3,(H,11,12)/t9-/m0/s1. The van der Waals surface area contributed by atoms with Crippen LogP contribution in [0.15, 0.2) is 0 Å². The number of rotatable bonds is 6. The Morgan fingerprint density at radius 2 is 2.00 bits per heavy atom. The van der Waals surface area contributed by atoms with Crippen molar-refractivity contribution in [3.63, 3.8) is 0 Å². The van der Waals surface area contributed by atoms with Crippen molar-refractivity contribution < 1.29 is 14.7 Å². The van der Waals surface area contributed by atoms with Crippen LogP contribution in [0.25, 0.3) is 0 Å². The maximum Gasteiger partial charge on any atom is 0.217 e. The number of nitrogens with one attached hydrogen (secondary N) is 1. The van der Waals surface area contributed by atoms with Crippen LogP contribution in [0, 0.1) is 5.92 Å². The molecule has 0 fully saturated rings. The van der Waals surface area contributed by atoms with Crippen molar-refractivity contribution in [2.45, 2.75) is 33.3 Å². The molecule has 0 rings (SSSR count). The van der Waals surface area contributed by atoms with E-state index < -0.39 is 6.10 Å². The second-order valence-electron chi connectivity index (χ2n) is 3.80. The van der Waals surface area contributed by atoms with Crippen molar-refractivity contribution in [1.82, 2.24) is 5.32 Å². The minimum atomic E-state index is -0.882. The summed E-state index contributed by atoms with van der Waals surface area (Å²) in [6.07, 6.45) is -0.390. The Labute approximate surface area is 94.8 Å². The van der Waals surface area contributed by atoms with Gasteiger partial charge in [-0.05, 0) is 12.3 Å². The monoisotopic (exact) mass is 233 g/mol. The van der Waals surface area contributed by atoms with Gasteiger partial charge >= 0.3 is 0 Å². The predicted octanol–water partition coefficient (Wildman–Crippen LogP) is 0.789. The molecule has 0 heterocycles. The summed E-state index contributed by atoms with van der Waals surface area (Å²) in [7, 11) is 0. The third-order valence-electron chi connectivity index (χ3n) is 1.69. The van der Waals surface area contributed by atoms with Gasteiger partial charge in [-0.3, -0.25) is 9.59 Å². The number of thioether (sulfide) groups is 1. The van der Waals surface area contributed by atoms with E-state index in [1.54, 1.807) is 0 Å². The Balaban J connectivity index is 3.60. The van der Waals surface area contributed by atoms with Gasteiger partial charge in [0.25, 0.3) is 0 Å². The lowest BCUT2D eigenvalue weighted by Gasteiger charge is -2.11. The summed E-state index contributed by atoms with van der Waals surface area (Å²) in [6, 6.07) is 0.